The van der Waals surface area contributed by atoms with Crippen LogP contribution in [0.3, 0.4) is 0 Å². The smallest absolute Gasteiger partial charge is 0.407 e. The average Bonchev–Trinajstić information content (AvgIpc) is 3.17. The number of alkyl carbamates (subject to hydrolysis) is 1. The second-order valence-corrected chi connectivity index (χ2v) is 9.26. The number of ether oxygens (including phenoxy) is 2. The number of fused-ring (bicyclic) bond motifs is 3. The van der Waals surface area contributed by atoms with Crippen LogP contribution < -0.4 is 10.6 Å². The second-order valence-electron chi connectivity index (χ2n) is 9.26. The Kier molecular flexibility index (Phi) is 7.70. The Balaban J connectivity index is 1.32. The van der Waals surface area contributed by atoms with Crippen LogP contribution >= 0.6 is 0 Å². The molecular weight excluding hydrogens is 448 g/mol. The number of carbonyl (C=O) groups is 3. The third-order valence-corrected chi connectivity index (χ3v) is 7.03. The van der Waals surface area contributed by atoms with Crippen molar-refractivity contribution < 1.29 is 29.0 Å². The number of hydrogen-bond donors (Lipinski definition) is 3. The van der Waals surface area contributed by atoms with Gasteiger partial charge in [-0.3, -0.25) is 9.59 Å². The first-order chi connectivity index (χ1) is 16.9. The van der Waals surface area contributed by atoms with E-state index < -0.39 is 23.5 Å². The summed E-state index contributed by atoms with van der Waals surface area (Å²) in [4.78, 5) is 36.8. The molecule has 35 heavy (non-hydrogen) atoms. The maximum atomic E-state index is 12.9. The third kappa shape index (κ3) is 5.65. The first kappa shape index (κ1) is 24.7. The minimum Gasteiger partial charge on any atom is -0.481 e. The van der Waals surface area contributed by atoms with Crippen LogP contribution in [0.5, 0.6) is 0 Å². The quantitative estimate of drug-likeness (QED) is 0.504. The van der Waals surface area contributed by atoms with Gasteiger partial charge in [0.05, 0.1) is 17.9 Å². The molecule has 2 aromatic rings. The van der Waals surface area contributed by atoms with E-state index in [1.165, 1.54) is 0 Å². The molecule has 8 nitrogen and oxygen atoms in total. The zero-order valence-electron chi connectivity index (χ0n) is 19.9. The molecular formula is C27H32N2O6. The molecule has 1 unspecified atom stereocenters. The molecule has 2 amide bonds. The minimum atomic E-state index is -0.961. The van der Waals surface area contributed by atoms with Crippen molar-refractivity contribution in [3.8, 4) is 11.1 Å². The van der Waals surface area contributed by atoms with Crippen molar-refractivity contribution in [2.45, 2.75) is 44.1 Å². The monoisotopic (exact) mass is 480 g/mol. The summed E-state index contributed by atoms with van der Waals surface area (Å²) in [6.45, 7) is 2.98. The molecule has 1 aliphatic heterocycles. The molecule has 2 aliphatic rings. The highest BCUT2D eigenvalue weighted by Crippen LogP contribution is 2.44. The Morgan fingerprint density at radius 3 is 2.23 bits per heavy atom. The van der Waals surface area contributed by atoms with E-state index in [4.69, 9.17) is 9.47 Å². The molecule has 0 radical (unpaired) electrons. The van der Waals surface area contributed by atoms with E-state index in [0.29, 0.717) is 32.5 Å². The summed E-state index contributed by atoms with van der Waals surface area (Å²) < 4.78 is 10.9. The van der Waals surface area contributed by atoms with Crippen LogP contribution in [-0.2, 0) is 19.1 Å². The van der Waals surface area contributed by atoms with Gasteiger partial charge in [0.15, 0.2) is 0 Å². The third-order valence-electron chi connectivity index (χ3n) is 7.03. The van der Waals surface area contributed by atoms with Gasteiger partial charge in [0.25, 0.3) is 0 Å². The van der Waals surface area contributed by atoms with Gasteiger partial charge in [-0.2, -0.15) is 0 Å². The zero-order chi connectivity index (χ0) is 24.8. The molecule has 4 rings (SSSR count). The van der Waals surface area contributed by atoms with Crippen LogP contribution in [0.15, 0.2) is 48.5 Å². The van der Waals surface area contributed by atoms with Crippen molar-refractivity contribution in [3.05, 3.63) is 59.7 Å². The maximum absolute atomic E-state index is 12.9. The summed E-state index contributed by atoms with van der Waals surface area (Å²) in [5.74, 6) is -1.77. The van der Waals surface area contributed by atoms with E-state index in [9.17, 15) is 19.5 Å². The average molecular weight is 481 g/mol. The molecule has 8 heteroatoms. The number of aliphatic carboxylic acids is 1. The fraction of sp³-hybridized carbons (Fsp3) is 0.444. The van der Waals surface area contributed by atoms with Gasteiger partial charge in [-0.15, -0.1) is 0 Å². The Labute approximate surface area is 205 Å². The molecule has 0 spiro atoms. The van der Waals surface area contributed by atoms with E-state index in [2.05, 4.69) is 34.9 Å². The van der Waals surface area contributed by atoms with Crippen molar-refractivity contribution in [2.24, 2.45) is 5.92 Å². The van der Waals surface area contributed by atoms with Gasteiger partial charge in [-0.05, 0) is 41.5 Å². The van der Waals surface area contributed by atoms with Gasteiger partial charge in [0, 0.05) is 25.7 Å². The highest BCUT2D eigenvalue weighted by molar-refractivity contribution is 5.82. The zero-order valence-corrected chi connectivity index (χ0v) is 19.9. The van der Waals surface area contributed by atoms with E-state index in [1.54, 1.807) is 0 Å². The molecule has 1 atom stereocenters. The highest BCUT2D eigenvalue weighted by Gasteiger charge is 2.38. The molecule has 2 aromatic carbocycles. The topological polar surface area (TPSA) is 114 Å². The van der Waals surface area contributed by atoms with Gasteiger partial charge >= 0.3 is 12.1 Å². The molecule has 1 heterocycles. The molecule has 0 aromatic heterocycles. The first-order valence-corrected chi connectivity index (χ1v) is 12.1. The Bertz CT molecular complexity index is 1030. The van der Waals surface area contributed by atoms with Crippen LogP contribution in [0, 0.1) is 5.92 Å². The largest absolute Gasteiger partial charge is 0.481 e. The number of benzene rings is 2. The van der Waals surface area contributed by atoms with Gasteiger partial charge < -0.3 is 25.2 Å². The molecule has 1 saturated heterocycles. The van der Waals surface area contributed by atoms with E-state index >= 15 is 0 Å². The van der Waals surface area contributed by atoms with Crippen LogP contribution in [0.1, 0.15) is 49.7 Å². The fourth-order valence-electron chi connectivity index (χ4n) is 5.04. The van der Waals surface area contributed by atoms with Crippen molar-refractivity contribution >= 4 is 18.0 Å². The van der Waals surface area contributed by atoms with Crippen LogP contribution in [0.25, 0.3) is 11.1 Å². The summed E-state index contributed by atoms with van der Waals surface area (Å²) >= 11 is 0. The molecule has 1 aliphatic carbocycles. The molecule has 0 saturated carbocycles. The van der Waals surface area contributed by atoms with E-state index in [-0.39, 0.29) is 31.4 Å². The minimum absolute atomic E-state index is 0.0391. The second kappa shape index (κ2) is 10.9. The predicted octanol–water partition coefficient (Wildman–Crippen LogP) is 3.69. The summed E-state index contributed by atoms with van der Waals surface area (Å²) in [6, 6.07) is 16.2. The number of amides is 2. The maximum Gasteiger partial charge on any atom is 0.407 e. The molecule has 0 bridgehead atoms. The van der Waals surface area contributed by atoms with Gasteiger partial charge in [0.1, 0.15) is 6.61 Å². The summed E-state index contributed by atoms with van der Waals surface area (Å²) in [6.07, 6.45) is 0.653. The Hall–Kier alpha value is -3.39. The number of carbonyl (C=O) groups excluding carboxylic acids is 2. The lowest BCUT2D eigenvalue weighted by atomic mass is 9.85. The lowest BCUT2D eigenvalue weighted by Crippen LogP contribution is -2.55. The van der Waals surface area contributed by atoms with Crippen LogP contribution in [0.2, 0.25) is 0 Å². The fourth-order valence-corrected chi connectivity index (χ4v) is 5.04. The molecule has 1 fully saturated rings. The van der Waals surface area contributed by atoms with Crippen LogP contribution in [-0.4, -0.2) is 55.0 Å². The molecule has 3 N–H and O–H groups in total. The summed E-state index contributed by atoms with van der Waals surface area (Å²) in [5, 5.41) is 15.0. The van der Waals surface area contributed by atoms with Crippen molar-refractivity contribution in [1.82, 2.24) is 10.6 Å². The number of rotatable bonds is 9. The first-order valence-electron chi connectivity index (χ1n) is 12.1. The summed E-state index contributed by atoms with van der Waals surface area (Å²) in [5.41, 5.74) is 3.75. The van der Waals surface area contributed by atoms with Gasteiger partial charge in [0.2, 0.25) is 5.91 Å². The van der Waals surface area contributed by atoms with Crippen molar-refractivity contribution in [2.75, 3.05) is 26.4 Å². The highest BCUT2D eigenvalue weighted by atomic mass is 16.5. The SMILES string of the molecule is CCC(CNC(=O)OCC1c2ccccc2-c2ccccc21)C(=O)NC1(CC(=O)O)CCOCC1. The van der Waals surface area contributed by atoms with Crippen LogP contribution in [0.4, 0.5) is 4.79 Å². The lowest BCUT2D eigenvalue weighted by molar-refractivity contribution is -0.141. The molecule has 186 valence electrons. The standard InChI is InChI=1S/C27H32N2O6/c1-2-18(25(32)29-27(15-24(30)31)11-13-34-14-12-27)16-28-26(33)35-17-23-21-9-5-3-7-19(21)20-8-4-6-10-22(20)23/h3-10,18,23H,2,11-17H2,1H3,(H,28,33)(H,29,32)(H,30,31). The number of nitrogens with one attached hydrogen (secondary N) is 2. The normalized spacial score (nSPS) is 17.1. The number of carboxylic acid groups (broad SMARTS) is 1. The van der Waals surface area contributed by atoms with E-state index in [0.717, 1.165) is 22.3 Å². The predicted molar refractivity (Wildman–Crippen MR) is 130 cm³/mol. The van der Waals surface area contributed by atoms with Gasteiger partial charge in [-0.25, -0.2) is 4.79 Å². The van der Waals surface area contributed by atoms with Crippen molar-refractivity contribution in [1.29, 1.82) is 0 Å². The lowest BCUT2D eigenvalue weighted by Gasteiger charge is -2.37. The number of hydrogen-bond acceptors (Lipinski definition) is 5. The van der Waals surface area contributed by atoms with E-state index in [1.807, 2.05) is 31.2 Å². The Morgan fingerprint density at radius 2 is 1.66 bits per heavy atom. The number of carboxylic acids is 1. The van der Waals surface area contributed by atoms with Gasteiger partial charge in [-0.1, -0.05) is 55.5 Å². The van der Waals surface area contributed by atoms with Crippen molar-refractivity contribution in [3.63, 3.8) is 0 Å². The summed E-state index contributed by atoms with van der Waals surface area (Å²) in [7, 11) is 0. The Morgan fingerprint density at radius 1 is 1.06 bits per heavy atom.